The van der Waals surface area contributed by atoms with Crippen molar-refractivity contribution >= 4 is 22.9 Å². The molecular formula is C17H23ClN2S. The molecule has 4 heteroatoms. The molecule has 1 N–H and O–H groups in total. The standard InChI is InChI=1S/C17H23ClN2S/c1-4-19-11-16-9-10-17(21-16)12-20(3)13(2)14-5-7-15(18)8-6-14/h5-10,13,19H,4,11-12H2,1-3H3. The maximum absolute atomic E-state index is 5.95. The van der Waals surface area contributed by atoms with E-state index in [1.165, 1.54) is 15.3 Å². The van der Waals surface area contributed by atoms with Crippen LogP contribution in [0.3, 0.4) is 0 Å². The quantitative estimate of drug-likeness (QED) is 0.794. The molecule has 0 aliphatic rings. The summed E-state index contributed by atoms with van der Waals surface area (Å²) in [6.45, 7) is 7.32. The Morgan fingerprint density at radius 1 is 1.14 bits per heavy atom. The summed E-state index contributed by atoms with van der Waals surface area (Å²) in [5.41, 5.74) is 1.30. The highest BCUT2D eigenvalue weighted by atomic mass is 35.5. The summed E-state index contributed by atoms with van der Waals surface area (Å²) in [5.74, 6) is 0. The van der Waals surface area contributed by atoms with Gasteiger partial charge in [-0.05, 0) is 50.3 Å². The van der Waals surface area contributed by atoms with Crippen LogP contribution in [0.15, 0.2) is 36.4 Å². The molecule has 0 radical (unpaired) electrons. The first kappa shape index (κ1) is 16.5. The molecule has 0 bridgehead atoms. The minimum Gasteiger partial charge on any atom is -0.312 e. The van der Waals surface area contributed by atoms with Crippen molar-refractivity contribution in [3.05, 3.63) is 56.7 Å². The highest BCUT2D eigenvalue weighted by Gasteiger charge is 2.13. The van der Waals surface area contributed by atoms with Gasteiger partial charge in [0.05, 0.1) is 0 Å². The fraction of sp³-hybridized carbons (Fsp3) is 0.412. The van der Waals surface area contributed by atoms with E-state index in [1.54, 1.807) is 0 Å². The predicted octanol–water partition coefficient (Wildman–Crippen LogP) is 4.70. The minimum absolute atomic E-state index is 0.376. The molecule has 1 unspecified atom stereocenters. The second-order valence-electron chi connectivity index (χ2n) is 5.29. The van der Waals surface area contributed by atoms with Crippen LogP contribution < -0.4 is 5.32 Å². The van der Waals surface area contributed by atoms with E-state index in [-0.39, 0.29) is 0 Å². The molecule has 1 atom stereocenters. The zero-order valence-electron chi connectivity index (χ0n) is 12.9. The average Bonchev–Trinajstić information content (AvgIpc) is 2.92. The molecule has 1 heterocycles. The van der Waals surface area contributed by atoms with Gasteiger partial charge in [-0.25, -0.2) is 0 Å². The van der Waals surface area contributed by atoms with Gasteiger partial charge in [0.15, 0.2) is 0 Å². The fourth-order valence-corrected chi connectivity index (χ4v) is 3.41. The van der Waals surface area contributed by atoms with E-state index in [2.05, 4.69) is 55.4 Å². The highest BCUT2D eigenvalue weighted by Crippen LogP contribution is 2.25. The van der Waals surface area contributed by atoms with Crippen molar-refractivity contribution in [1.29, 1.82) is 0 Å². The molecule has 0 aliphatic heterocycles. The highest BCUT2D eigenvalue weighted by molar-refractivity contribution is 7.11. The molecule has 0 saturated heterocycles. The summed E-state index contributed by atoms with van der Waals surface area (Å²) < 4.78 is 0. The summed E-state index contributed by atoms with van der Waals surface area (Å²) in [4.78, 5) is 5.18. The van der Waals surface area contributed by atoms with Gasteiger partial charge in [0, 0.05) is 33.9 Å². The maximum atomic E-state index is 5.95. The van der Waals surface area contributed by atoms with E-state index in [0.717, 1.165) is 24.7 Å². The molecule has 0 saturated carbocycles. The van der Waals surface area contributed by atoms with E-state index < -0.39 is 0 Å². The average molecular weight is 323 g/mol. The molecule has 21 heavy (non-hydrogen) atoms. The van der Waals surface area contributed by atoms with E-state index >= 15 is 0 Å². The first-order valence-corrected chi connectivity index (χ1v) is 8.53. The molecular weight excluding hydrogens is 300 g/mol. The zero-order chi connectivity index (χ0) is 15.2. The van der Waals surface area contributed by atoms with Crippen LogP contribution in [0, 0.1) is 0 Å². The van der Waals surface area contributed by atoms with Gasteiger partial charge in [0.25, 0.3) is 0 Å². The molecule has 2 nitrogen and oxygen atoms in total. The fourth-order valence-electron chi connectivity index (χ4n) is 2.23. The van der Waals surface area contributed by atoms with Crippen molar-refractivity contribution in [2.24, 2.45) is 0 Å². The van der Waals surface area contributed by atoms with E-state index in [0.29, 0.717) is 6.04 Å². The maximum Gasteiger partial charge on any atom is 0.0406 e. The third-order valence-corrected chi connectivity index (χ3v) is 5.01. The molecule has 2 rings (SSSR count). The van der Waals surface area contributed by atoms with E-state index in [1.807, 2.05) is 23.5 Å². The van der Waals surface area contributed by atoms with Gasteiger partial charge in [0.2, 0.25) is 0 Å². The molecule has 0 aliphatic carbocycles. The lowest BCUT2D eigenvalue weighted by Crippen LogP contribution is -2.21. The second-order valence-corrected chi connectivity index (χ2v) is 6.98. The Bertz CT molecular complexity index is 550. The lowest BCUT2D eigenvalue weighted by molar-refractivity contribution is 0.255. The van der Waals surface area contributed by atoms with Gasteiger partial charge >= 0.3 is 0 Å². The number of benzene rings is 1. The molecule has 0 amide bonds. The molecule has 1 aromatic heterocycles. The van der Waals surface area contributed by atoms with Crippen LogP contribution in [0.4, 0.5) is 0 Å². The predicted molar refractivity (Wildman–Crippen MR) is 93.0 cm³/mol. The van der Waals surface area contributed by atoms with Crippen LogP contribution >= 0.6 is 22.9 Å². The summed E-state index contributed by atoms with van der Waals surface area (Å²) >= 11 is 7.84. The van der Waals surface area contributed by atoms with Crippen molar-refractivity contribution < 1.29 is 0 Å². The Morgan fingerprint density at radius 3 is 2.48 bits per heavy atom. The molecule has 2 aromatic rings. The second kappa shape index (κ2) is 7.95. The molecule has 1 aromatic carbocycles. The third-order valence-electron chi connectivity index (χ3n) is 3.69. The Balaban J connectivity index is 1.95. The Hall–Kier alpha value is -0.870. The Morgan fingerprint density at radius 2 is 1.81 bits per heavy atom. The lowest BCUT2D eigenvalue weighted by atomic mass is 10.1. The number of hydrogen-bond acceptors (Lipinski definition) is 3. The van der Waals surface area contributed by atoms with Crippen molar-refractivity contribution in [2.45, 2.75) is 33.0 Å². The van der Waals surface area contributed by atoms with Crippen molar-refractivity contribution in [3.63, 3.8) is 0 Å². The number of rotatable bonds is 7. The molecule has 114 valence electrons. The minimum atomic E-state index is 0.376. The Kier molecular flexibility index (Phi) is 6.24. The number of hydrogen-bond donors (Lipinski definition) is 1. The van der Waals surface area contributed by atoms with Crippen LogP contribution in [0.25, 0.3) is 0 Å². The first-order chi connectivity index (χ1) is 10.1. The summed E-state index contributed by atoms with van der Waals surface area (Å²) in [7, 11) is 2.17. The van der Waals surface area contributed by atoms with Crippen molar-refractivity contribution in [1.82, 2.24) is 10.2 Å². The largest absolute Gasteiger partial charge is 0.312 e. The topological polar surface area (TPSA) is 15.3 Å². The van der Waals surface area contributed by atoms with E-state index in [9.17, 15) is 0 Å². The third kappa shape index (κ3) is 4.82. The van der Waals surface area contributed by atoms with Crippen LogP contribution in [0.2, 0.25) is 5.02 Å². The van der Waals surface area contributed by atoms with Gasteiger partial charge in [-0.2, -0.15) is 0 Å². The SMILES string of the molecule is CCNCc1ccc(CN(C)C(C)c2ccc(Cl)cc2)s1. The number of halogens is 1. The number of nitrogens with zero attached hydrogens (tertiary/aromatic N) is 1. The normalized spacial score (nSPS) is 12.8. The van der Waals surface area contributed by atoms with Crippen LogP contribution in [-0.4, -0.2) is 18.5 Å². The lowest BCUT2D eigenvalue weighted by Gasteiger charge is -2.24. The zero-order valence-corrected chi connectivity index (χ0v) is 14.5. The van der Waals surface area contributed by atoms with Gasteiger partial charge in [-0.1, -0.05) is 30.7 Å². The molecule has 0 spiro atoms. The Labute approximate surface area is 136 Å². The summed E-state index contributed by atoms with van der Waals surface area (Å²) in [6, 6.07) is 13.0. The van der Waals surface area contributed by atoms with Crippen molar-refractivity contribution in [2.75, 3.05) is 13.6 Å². The van der Waals surface area contributed by atoms with Gasteiger partial charge in [0.1, 0.15) is 0 Å². The number of nitrogens with one attached hydrogen (secondary N) is 1. The van der Waals surface area contributed by atoms with Crippen LogP contribution in [0.1, 0.15) is 35.2 Å². The van der Waals surface area contributed by atoms with Crippen LogP contribution in [-0.2, 0) is 13.1 Å². The van der Waals surface area contributed by atoms with Crippen molar-refractivity contribution in [3.8, 4) is 0 Å². The number of thiophene rings is 1. The molecule has 0 fully saturated rings. The monoisotopic (exact) mass is 322 g/mol. The van der Waals surface area contributed by atoms with E-state index in [4.69, 9.17) is 11.6 Å². The van der Waals surface area contributed by atoms with Gasteiger partial charge in [-0.15, -0.1) is 11.3 Å². The van der Waals surface area contributed by atoms with Crippen LogP contribution in [0.5, 0.6) is 0 Å². The van der Waals surface area contributed by atoms with Gasteiger partial charge in [-0.3, -0.25) is 4.90 Å². The summed E-state index contributed by atoms with van der Waals surface area (Å²) in [5, 5.41) is 4.16. The smallest absolute Gasteiger partial charge is 0.0406 e. The van der Waals surface area contributed by atoms with Gasteiger partial charge < -0.3 is 5.32 Å². The first-order valence-electron chi connectivity index (χ1n) is 7.34. The summed E-state index contributed by atoms with van der Waals surface area (Å²) in [6.07, 6.45) is 0.